The number of Topliss-reactive ketones (excluding diaryl/α,β-unsaturated/α-hetero) is 1. The van der Waals surface area contributed by atoms with Gasteiger partial charge in [-0.1, -0.05) is 37.3 Å². The Hall–Kier alpha value is -2.10. The van der Waals surface area contributed by atoms with Gasteiger partial charge in [0.25, 0.3) is 0 Å². The lowest BCUT2D eigenvalue weighted by Crippen LogP contribution is -2.38. The second-order valence-corrected chi connectivity index (χ2v) is 6.22. The third kappa shape index (κ3) is 2.35. The maximum absolute atomic E-state index is 12.1. The van der Waals surface area contributed by atoms with Crippen LogP contribution < -0.4 is 5.32 Å². The van der Waals surface area contributed by atoms with Crippen molar-refractivity contribution in [3.05, 3.63) is 47.7 Å². The van der Waals surface area contributed by atoms with E-state index in [-0.39, 0.29) is 17.4 Å². The lowest BCUT2D eigenvalue weighted by Gasteiger charge is -2.38. The molecule has 110 valence electrons. The fourth-order valence-corrected chi connectivity index (χ4v) is 3.03. The van der Waals surface area contributed by atoms with Gasteiger partial charge in [0.15, 0.2) is 5.78 Å². The molecule has 0 radical (unpaired) electrons. The van der Waals surface area contributed by atoms with Crippen LogP contribution in [0.1, 0.15) is 55.6 Å². The molecule has 0 amide bonds. The molecular formula is C17H21N3O. The van der Waals surface area contributed by atoms with E-state index in [1.54, 1.807) is 6.20 Å². The number of benzene rings is 1. The molecule has 3 rings (SSSR count). The van der Waals surface area contributed by atoms with Gasteiger partial charge in [-0.2, -0.15) is 5.10 Å². The molecule has 0 spiro atoms. The van der Waals surface area contributed by atoms with Crippen LogP contribution in [0.5, 0.6) is 0 Å². The summed E-state index contributed by atoms with van der Waals surface area (Å²) >= 11 is 0. The highest BCUT2D eigenvalue weighted by Gasteiger charge is 2.36. The zero-order valence-corrected chi connectivity index (χ0v) is 12.8. The molecule has 1 atom stereocenters. The van der Waals surface area contributed by atoms with E-state index in [1.807, 2.05) is 29.8 Å². The molecule has 1 aliphatic rings. The monoisotopic (exact) mass is 283 g/mol. The van der Waals surface area contributed by atoms with Crippen LogP contribution in [0.4, 0.5) is 5.82 Å². The highest BCUT2D eigenvalue weighted by atomic mass is 16.1. The van der Waals surface area contributed by atoms with Crippen LogP contribution in [0.3, 0.4) is 0 Å². The predicted molar refractivity (Wildman–Crippen MR) is 83.6 cm³/mol. The Balaban J connectivity index is 2.03. The SMILES string of the molecule is CCC(=O)c1cnn2c1NC(c1ccccc1)CC2(C)C. The lowest BCUT2D eigenvalue weighted by molar-refractivity contribution is 0.0988. The Bertz CT molecular complexity index is 658. The summed E-state index contributed by atoms with van der Waals surface area (Å²) in [6, 6.07) is 10.6. The van der Waals surface area contributed by atoms with Crippen molar-refractivity contribution >= 4 is 11.6 Å². The number of carbonyl (C=O) groups excluding carboxylic acids is 1. The number of ketones is 1. The first-order chi connectivity index (χ1) is 10.0. The van der Waals surface area contributed by atoms with E-state index in [4.69, 9.17) is 0 Å². The van der Waals surface area contributed by atoms with E-state index in [1.165, 1.54) is 5.56 Å². The number of carbonyl (C=O) groups is 1. The van der Waals surface area contributed by atoms with E-state index >= 15 is 0 Å². The lowest BCUT2D eigenvalue weighted by atomic mass is 9.89. The summed E-state index contributed by atoms with van der Waals surface area (Å²) in [6.45, 7) is 6.22. The van der Waals surface area contributed by atoms with Crippen LogP contribution in [-0.4, -0.2) is 15.6 Å². The molecule has 0 saturated carbocycles. The van der Waals surface area contributed by atoms with Gasteiger partial charge in [-0.05, 0) is 25.8 Å². The average molecular weight is 283 g/mol. The molecule has 1 aromatic carbocycles. The molecule has 4 heteroatoms. The topological polar surface area (TPSA) is 46.9 Å². The largest absolute Gasteiger partial charge is 0.363 e. The Kier molecular flexibility index (Phi) is 3.32. The van der Waals surface area contributed by atoms with Crippen LogP contribution in [0.15, 0.2) is 36.5 Å². The summed E-state index contributed by atoms with van der Waals surface area (Å²) in [5.41, 5.74) is 1.83. The fourth-order valence-electron chi connectivity index (χ4n) is 3.03. The third-order valence-corrected chi connectivity index (χ3v) is 4.18. The second kappa shape index (κ2) is 5.02. The number of aromatic nitrogens is 2. The Morgan fingerprint density at radius 2 is 2.10 bits per heavy atom. The number of anilines is 1. The Labute approximate surface area is 125 Å². The first-order valence-corrected chi connectivity index (χ1v) is 7.46. The molecule has 1 unspecified atom stereocenters. The number of nitrogens with zero attached hydrogens (tertiary/aromatic N) is 2. The molecule has 4 nitrogen and oxygen atoms in total. The molecule has 1 N–H and O–H groups in total. The van der Waals surface area contributed by atoms with Crippen molar-refractivity contribution in [1.29, 1.82) is 0 Å². The van der Waals surface area contributed by atoms with E-state index in [0.717, 1.165) is 12.2 Å². The van der Waals surface area contributed by atoms with Crippen molar-refractivity contribution in [3.8, 4) is 0 Å². The molecule has 0 fully saturated rings. The summed E-state index contributed by atoms with van der Waals surface area (Å²) in [4.78, 5) is 12.1. The maximum atomic E-state index is 12.1. The molecule has 2 heterocycles. The molecule has 2 aromatic rings. The van der Waals surface area contributed by atoms with Crippen molar-refractivity contribution in [2.24, 2.45) is 0 Å². The molecule has 0 aliphatic carbocycles. The molecule has 0 bridgehead atoms. The first kappa shape index (κ1) is 13.9. The number of rotatable bonds is 3. The number of hydrogen-bond donors (Lipinski definition) is 1. The highest BCUT2D eigenvalue weighted by molar-refractivity contribution is 6.00. The van der Waals surface area contributed by atoms with Gasteiger partial charge in [-0.15, -0.1) is 0 Å². The van der Waals surface area contributed by atoms with Crippen molar-refractivity contribution in [3.63, 3.8) is 0 Å². The van der Waals surface area contributed by atoms with Gasteiger partial charge >= 0.3 is 0 Å². The van der Waals surface area contributed by atoms with Crippen molar-refractivity contribution in [2.75, 3.05) is 5.32 Å². The van der Waals surface area contributed by atoms with Gasteiger partial charge in [0.1, 0.15) is 5.82 Å². The number of fused-ring (bicyclic) bond motifs is 1. The summed E-state index contributed by atoms with van der Waals surface area (Å²) in [5, 5.41) is 7.95. The van der Waals surface area contributed by atoms with Gasteiger partial charge in [0.2, 0.25) is 0 Å². The normalized spacial score (nSPS) is 19.7. The zero-order chi connectivity index (χ0) is 15.0. The van der Waals surface area contributed by atoms with Crippen LogP contribution in [0.2, 0.25) is 0 Å². The van der Waals surface area contributed by atoms with Crippen LogP contribution in [0, 0.1) is 0 Å². The summed E-state index contributed by atoms with van der Waals surface area (Å²) in [5.74, 6) is 0.986. The van der Waals surface area contributed by atoms with E-state index < -0.39 is 0 Å². The maximum Gasteiger partial charge on any atom is 0.167 e. The summed E-state index contributed by atoms with van der Waals surface area (Å²) < 4.78 is 1.95. The molecule has 1 aromatic heterocycles. The summed E-state index contributed by atoms with van der Waals surface area (Å²) in [7, 11) is 0. The standard InChI is InChI=1S/C17H21N3O/c1-4-15(21)13-11-18-20-16(13)19-14(10-17(20,2)3)12-8-6-5-7-9-12/h5-9,11,14,19H,4,10H2,1-3H3. The minimum absolute atomic E-state index is 0.118. The van der Waals surface area contributed by atoms with Gasteiger partial charge < -0.3 is 5.32 Å². The molecule has 21 heavy (non-hydrogen) atoms. The first-order valence-electron chi connectivity index (χ1n) is 7.46. The smallest absolute Gasteiger partial charge is 0.167 e. The fraction of sp³-hybridized carbons (Fsp3) is 0.412. The van der Waals surface area contributed by atoms with Crippen LogP contribution in [0.25, 0.3) is 0 Å². The van der Waals surface area contributed by atoms with Crippen molar-refractivity contribution in [1.82, 2.24) is 9.78 Å². The second-order valence-electron chi connectivity index (χ2n) is 6.22. The highest BCUT2D eigenvalue weighted by Crippen LogP contribution is 2.39. The van der Waals surface area contributed by atoms with Gasteiger partial charge in [0.05, 0.1) is 23.3 Å². The number of nitrogens with one attached hydrogen (secondary N) is 1. The quantitative estimate of drug-likeness (QED) is 0.872. The minimum Gasteiger partial charge on any atom is -0.363 e. The zero-order valence-electron chi connectivity index (χ0n) is 12.8. The van der Waals surface area contributed by atoms with E-state index in [9.17, 15) is 4.79 Å². The Morgan fingerprint density at radius 1 is 1.38 bits per heavy atom. The van der Waals surface area contributed by atoms with Gasteiger partial charge in [0, 0.05) is 6.42 Å². The molecular weight excluding hydrogens is 262 g/mol. The molecule has 0 saturated heterocycles. The average Bonchev–Trinajstić information content (AvgIpc) is 2.91. The minimum atomic E-state index is -0.118. The van der Waals surface area contributed by atoms with Gasteiger partial charge in [-0.25, -0.2) is 4.68 Å². The van der Waals surface area contributed by atoms with Crippen LogP contribution in [-0.2, 0) is 5.54 Å². The van der Waals surface area contributed by atoms with Gasteiger partial charge in [-0.3, -0.25) is 4.79 Å². The van der Waals surface area contributed by atoms with E-state index in [0.29, 0.717) is 12.0 Å². The van der Waals surface area contributed by atoms with Crippen LogP contribution >= 0.6 is 0 Å². The van der Waals surface area contributed by atoms with Crippen molar-refractivity contribution < 1.29 is 4.79 Å². The Morgan fingerprint density at radius 3 is 2.76 bits per heavy atom. The molecule has 1 aliphatic heterocycles. The summed E-state index contributed by atoms with van der Waals surface area (Å²) in [6.07, 6.45) is 3.13. The third-order valence-electron chi connectivity index (χ3n) is 4.18. The number of hydrogen-bond acceptors (Lipinski definition) is 3. The van der Waals surface area contributed by atoms with E-state index in [2.05, 4.69) is 36.4 Å². The predicted octanol–water partition coefficient (Wildman–Crippen LogP) is 3.77. The van der Waals surface area contributed by atoms with Crippen molar-refractivity contribution in [2.45, 2.75) is 45.2 Å².